The van der Waals surface area contributed by atoms with Crippen LogP contribution in [0, 0.1) is 0 Å². The molecule has 0 radical (unpaired) electrons. The fourth-order valence-corrected chi connectivity index (χ4v) is 3.11. The summed E-state index contributed by atoms with van der Waals surface area (Å²) in [4.78, 5) is 2.41. The van der Waals surface area contributed by atoms with Gasteiger partial charge in [-0.1, -0.05) is 18.2 Å². The van der Waals surface area contributed by atoms with E-state index in [-0.39, 0.29) is 24.1 Å². The molecule has 5 heteroatoms. The largest absolute Gasteiger partial charge is 0.487 e. The van der Waals surface area contributed by atoms with Crippen molar-refractivity contribution in [1.82, 2.24) is 4.90 Å². The van der Waals surface area contributed by atoms with Crippen molar-refractivity contribution in [2.45, 2.75) is 38.5 Å². The van der Waals surface area contributed by atoms with Crippen LogP contribution in [0.1, 0.15) is 25.0 Å². The number of fused-ring (bicyclic) bond motifs is 1. The molecule has 2 heterocycles. The van der Waals surface area contributed by atoms with Gasteiger partial charge in [0.05, 0.1) is 12.7 Å². The van der Waals surface area contributed by atoms with E-state index in [1.807, 2.05) is 0 Å². The van der Waals surface area contributed by atoms with Gasteiger partial charge in [-0.2, -0.15) is 0 Å². The Morgan fingerprint density at radius 2 is 2.19 bits per heavy atom. The molecule has 1 atom stereocenters. The summed E-state index contributed by atoms with van der Waals surface area (Å²) in [6, 6.07) is 6.49. The summed E-state index contributed by atoms with van der Waals surface area (Å²) < 4.78 is 11.8. The third-order valence-corrected chi connectivity index (χ3v) is 4.05. The number of hydrogen-bond acceptors (Lipinski definition) is 4. The number of nitrogens with two attached hydrogens (primary N) is 1. The Kier molecular flexibility index (Phi) is 5.15. The van der Waals surface area contributed by atoms with E-state index >= 15 is 0 Å². The lowest BCUT2D eigenvalue weighted by molar-refractivity contribution is -0.0264. The molecule has 0 bridgehead atoms. The van der Waals surface area contributed by atoms with Gasteiger partial charge < -0.3 is 15.2 Å². The maximum Gasteiger partial charge on any atom is 0.127 e. The zero-order chi connectivity index (χ0) is 14.2. The van der Waals surface area contributed by atoms with Crippen molar-refractivity contribution >= 4 is 12.4 Å². The summed E-state index contributed by atoms with van der Waals surface area (Å²) in [6.07, 6.45) is 1.16. The Bertz CT molecular complexity index is 493. The summed E-state index contributed by atoms with van der Waals surface area (Å²) in [5.74, 6) is 1.09. The highest BCUT2D eigenvalue weighted by atomic mass is 35.5. The lowest BCUT2D eigenvalue weighted by Crippen LogP contribution is -2.45. The highest BCUT2D eigenvalue weighted by Crippen LogP contribution is 2.38. The topological polar surface area (TPSA) is 47.7 Å². The van der Waals surface area contributed by atoms with Gasteiger partial charge in [0.25, 0.3) is 0 Å². The SMILES string of the molecule is CC1(C)Cc2cccc(CN3CCOC(CN)C3)c2O1.Cl. The van der Waals surface area contributed by atoms with Gasteiger partial charge in [0.15, 0.2) is 0 Å². The van der Waals surface area contributed by atoms with Gasteiger partial charge >= 0.3 is 0 Å². The number of hydrogen-bond donors (Lipinski definition) is 1. The number of rotatable bonds is 3. The van der Waals surface area contributed by atoms with Gasteiger partial charge in [-0.15, -0.1) is 12.4 Å². The van der Waals surface area contributed by atoms with E-state index in [4.69, 9.17) is 15.2 Å². The molecule has 118 valence electrons. The molecule has 3 rings (SSSR count). The predicted molar refractivity (Wildman–Crippen MR) is 86.2 cm³/mol. The Morgan fingerprint density at radius 3 is 2.95 bits per heavy atom. The Labute approximate surface area is 133 Å². The molecule has 0 spiro atoms. The first kappa shape index (κ1) is 16.6. The number of nitrogens with zero attached hydrogens (tertiary/aromatic N) is 1. The number of ether oxygens (including phenoxy) is 2. The average Bonchev–Trinajstić information content (AvgIpc) is 2.74. The Balaban J connectivity index is 0.00000161. The van der Waals surface area contributed by atoms with Crippen LogP contribution in [0.15, 0.2) is 18.2 Å². The zero-order valence-corrected chi connectivity index (χ0v) is 13.6. The molecule has 0 aromatic heterocycles. The fourth-order valence-electron chi connectivity index (χ4n) is 3.11. The van der Waals surface area contributed by atoms with Gasteiger partial charge in [-0.05, 0) is 19.4 Å². The van der Waals surface area contributed by atoms with Crippen molar-refractivity contribution < 1.29 is 9.47 Å². The highest BCUT2D eigenvalue weighted by molar-refractivity contribution is 5.85. The van der Waals surface area contributed by atoms with Crippen LogP contribution in [0.25, 0.3) is 0 Å². The number of benzene rings is 1. The van der Waals surface area contributed by atoms with Crippen molar-refractivity contribution in [2.24, 2.45) is 5.73 Å². The quantitative estimate of drug-likeness (QED) is 0.927. The van der Waals surface area contributed by atoms with E-state index in [2.05, 4.69) is 36.9 Å². The summed E-state index contributed by atoms with van der Waals surface area (Å²) in [6.45, 7) is 8.44. The second kappa shape index (κ2) is 6.53. The monoisotopic (exact) mass is 312 g/mol. The minimum Gasteiger partial charge on any atom is -0.487 e. The number of halogens is 1. The van der Waals surface area contributed by atoms with Crippen LogP contribution in [0.4, 0.5) is 0 Å². The van der Waals surface area contributed by atoms with Crippen molar-refractivity contribution in [1.29, 1.82) is 0 Å². The molecule has 1 fully saturated rings. The minimum atomic E-state index is -0.0801. The van der Waals surface area contributed by atoms with Crippen molar-refractivity contribution in [3.05, 3.63) is 29.3 Å². The standard InChI is InChI=1S/C16H24N2O2.ClH/c1-16(2)8-12-4-3-5-13(15(12)20-16)10-18-6-7-19-14(9-17)11-18;/h3-5,14H,6-11,17H2,1-2H3;1H. The first-order chi connectivity index (χ1) is 9.57. The highest BCUT2D eigenvalue weighted by Gasteiger charge is 2.32. The van der Waals surface area contributed by atoms with Crippen LogP contribution in [-0.2, 0) is 17.7 Å². The molecule has 2 N–H and O–H groups in total. The smallest absolute Gasteiger partial charge is 0.127 e. The first-order valence-electron chi connectivity index (χ1n) is 7.41. The van der Waals surface area contributed by atoms with Crippen molar-refractivity contribution in [3.8, 4) is 5.75 Å². The van der Waals surface area contributed by atoms with Crippen LogP contribution in [0.2, 0.25) is 0 Å². The minimum absolute atomic E-state index is 0. The van der Waals surface area contributed by atoms with Crippen LogP contribution >= 0.6 is 12.4 Å². The average molecular weight is 313 g/mol. The number of para-hydroxylation sites is 1. The maximum atomic E-state index is 6.14. The van der Waals surface area contributed by atoms with Crippen LogP contribution < -0.4 is 10.5 Å². The normalized spacial score (nSPS) is 24.0. The van der Waals surface area contributed by atoms with Gasteiger partial charge in [-0.25, -0.2) is 0 Å². The molecule has 2 aliphatic heterocycles. The van der Waals surface area contributed by atoms with Crippen LogP contribution in [-0.4, -0.2) is 42.8 Å². The lowest BCUT2D eigenvalue weighted by atomic mass is 10.0. The number of morpholine rings is 1. The lowest BCUT2D eigenvalue weighted by Gasteiger charge is -2.32. The summed E-state index contributed by atoms with van der Waals surface area (Å²) in [7, 11) is 0. The molecule has 0 aliphatic carbocycles. The summed E-state index contributed by atoms with van der Waals surface area (Å²) >= 11 is 0. The third kappa shape index (κ3) is 3.69. The molecule has 1 aromatic carbocycles. The third-order valence-electron chi connectivity index (χ3n) is 4.05. The molecule has 4 nitrogen and oxygen atoms in total. The molecule has 1 saturated heterocycles. The van der Waals surface area contributed by atoms with Gasteiger partial charge in [0, 0.05) is 38.2 Å². The maximum absolute atomic E-state index is 6.14. The second-order valence-electron chi connectivity index (χ2n) is 6.41. The molecular weight excluding hydrogens is 288 g/mol. The van der Waals surface area contributed by atoms with E-state index in [9.17, 15) is 0 Å². The fraction of sp³-hybridized carbons (Fsp3) is 0.625. The molecular formula is C16H25ClN2O2. The Hall–Kier alpha value is -0.810. The van der Waals surface area contributed by atoms with Crippen LogP contribution in [0.3, 0.4) is 0 Å². The first-order valence-corrected chi connectivity index (χ1v) is 7.41. The van der Waals surface area contributed by atoms with Crippen LogP contribution in [0.5, 0.6) is 5.75 Å². The molecule has 1 unspecified atom stereocenters. The molecule has 21 heavy (non-hydrogen) atoms. The van der Waals surface area contributed by atoms with Crippen molar-refractivity contribution in [2.75, 3.05) is 26.2 Å². The predicted octanol–water partition coefficient (Wildman–Crippen LogP) is 1.98. The van der Waals surface area contributed by atoms with Gasteiger partial charge in [0.2, 0.25) is 0 Å². The molecule has 0 amide bonds. The van der Waals surface area contributed by atoms with E-state index in [0.717, 1.165) is 38.4 Å². The molecule has 1 aromatic rings. The second-order valence-corrected chi connectivity index (χ2v) is 6.41. The molecule has 0 saturated carbocycles. The van der Waals surface area contributed by atoms with E-state index < -0.39 is 0 Å². The van der Waals surface area contributed by atoms with Crippen molar-refractivity contribution in [3.63, 3.8) is 0 Å². The Morgan fingerprint density at radius 1 is 1.38 bits per heavy atom. The van der Waals surface area contributed by atoms with E-state index in [1.54, 1.807) is 0 Å². The van der Waals surface area contributed by atoms with E-state index in [0.29, 0.717) is 6.54 Å². The van der Waals surface area contributed by atoms with Gasteiger partial charge in [0.1, 0.15) is 11.4 Å². The molecule has 2 aliphatic rings. The summed E-state index contributed by atoms with van der Waals surface area (Å²) in [5.41, 5.74) is 8.24. The summed E-state index contributed by atoms with van der Waals surface area (Å²) in [5, 5.41) is 0. The zero-order valence-electron chi connectivity index (χ0n) is 12.8. The van der Waals surface area contributed by atoms with E-state index in [1.165, 1.54) is 11.1 Å². The van der Waals surface area contributed by atoms with Gasteiger partial charge in [-0.3, -0.25) is 4.90 Å².